The summed E-state index contributed by atoms with van der Waals surface area (Å²) < 4.78 is 5.45. The molecule has 0 aliphatic carbocycles. The minimum Gasteiger partial charge on any atom is -0.507 e. The number of rotatable bonds is 9. The van der Waals surface area contributed by atoms with Crippen molar-refractivity contribution in [1.82, 2.24) is 19.9 Å². The summed E-state index contributed by atoms with van der Waals surface area (Å²) in [5.74, 6) is 1.36. The number of nitrogen functional groups attached to an aromatic ring is 1. The van der Waals surface area contributed by atoms with E-state index in [0.29, 0.717) is 30.4 Å². The molecule has 2 aromatic heterocycles. The number of phenolic OH excluding ortho intramolecular Hbond substituents is 1. The van der Waals surface area contributed by atoms with E-state index in [1.54, 1.807) is 0 Å². The van der Waals surface area contributed by atoms with Gasteiger partial charge in [0.2, 0.25) is 0 Å². The molecule has 8 heteroatoms. The van der Waals surface area contributed by atoms with Gasteiger partial charge in [0.15, 0.2) is 5.82 Å². The van der Waals surface area contributed by atoms with Gasteiger partial charge in [-0.25, -0.2) is 9.97 Å². The second kappa shape index (κ2) is 9.47. The van der Waals surface area contributed by atoms with Gasteiger partial charge >= 0.3 is 0 Å². The molecule has 0 aliphatic rings. The van der Waals surface area contributed by atoms with E-state index in [4.69, 9.17) is 10.5 Å². The smallest absolute Gasteiger partial charge is 0.151 e. The van der Waals surface area contributed by atoms with E-state index >= 15 is 0 Å². The maximum atomic E-state index is 10.6. The molecule has 3 aromatic rings. The number of hydrogen-bond donors (Lipinski definition) is 3. The van der Waals surface area contributed by atoms with Gasteiger partial charge in [-0.15, -0.1) is 0 Å². The van der Waals surface area contributed by atoms with Gasteiger partial charge in [-0.3, -0.25) is 4.90 Å². The van der Waals surface area contributed by atoms with Gasteiger partial charge in [-0.2, -0.15) is 0 Å². The Morgan fingerprint density at radius 3 is 2.62 bits per heavy atom. The molecule has 4 N–H and O–H groups in total. The molecule has 0 aliphatic heterocycles. The molecule has 0 saturated heterocycles. The minimum absolute atomic E-state index is 0.262. The number of anilines is 1. The van der Waals surface area contributed by atoms with Crippen LogP contribution in [0.1, 0.15) is 37.9 Å². The van der Waals surface area contributed by atoms with Crippen LogP contribution in [0.15, 0.2) is 28.0 Å². The molecular formula is C21H29N5O2S. The lowest BCUT2D eigenvalue weighted by atomic mass is 10.2. The Kier molecular flexibility index (Phi) is 7.00. The minimum atomic E-state index is 0.262. The molecular weight excluding hydrogens is 386 g/mol. The lowest BCUT2D eigenvalue weighted by molar-refractivity contribution is 0.129. The highest BCUT2D eigenvalue weighted by molar-refractivity contribution is 7.99. The van der Waals surface area contributed by atoms with Crippen molar-refractivity contribution in [2.75, 3.05) is 25.4 Å². The van der Waals surface area contributed by atoms with E-state index in [1.165, 1.54) is 11.8 Å². The number of nitrogens with zero attached hydrogens (tertiary/aromatic N) is 3. The number of nitrogens with two attached hydrogens (primary N) is 1. The second-order valence-corrected chi connectivity index (χ2v) is 7.87. The molecule has 0 bridgehead atoms. The molecule has 0 fully saturated rings. The number of aryl methyl sites for hydroxylation is 1. The number of nitrogens with one attached hydrogen (secondary N) is 1. The first-order chi connectivity index (χ1) is 14.0. The number of phenols is 1. The fraction of sp³-hybridized carbons (Fsp3) is 0.429. The number of aromatic hydroxyl groups is 1. The number of hydrogen-bond acceptors (Lipinski definition) is 7. The normalized spacial score (nSPS) is 11.6. The van der Waals surface area contributed by atoms with Crippen LogP contribution in [0.2, 0.25) is 0 Å². The molecule has 2 heterocycles. The van der Waals surface area contributed by atoms with Crippen molar-refractivity contribution in [2.24, 2.45) is 0 Å². The first kappa shape index (κ1) is 21.4. The van der Waals surface area contributed by atoms with E-state index in [2.05, 4.69) is 39.8 Å². The van der Waals surface area contributed by atoms with Crippen LogP contribution >= 0.6 is 11.8 Å². The molecule has 29 heavy (non-hydrogen) atoms. The van der Waals surface area contributed by atoms with Crippen molar-refractivity contribution in [3.63, 3.8) is 0 Å². The fourth-order valence-electron chi connectivity index (χ4n) is 3.19. The Morgan fingerprint density at radius 2 is 1.97 bits per heavy atom. The molecule has 0 unspecified atom stereocenters. The highest BCUT2D eigenvalue weighted by atomic mass is 32.2. The van der Waals surface area contributed by atoms with Crippen molar-refractivity contribution in [3.05, 3.63) is 35.3 Å². The average molecular weight is 416 g/mol. The molecule has 0 amide bonds. The van der Waals surface area contributed by atoms with Gasteiger partial charge in [0.25, 0.3) is 0 Å². The first-order valence-electron chi connectivity index (χ1n) is 9.91. The van der Waals surface area contributed by atoms with Crippen LogP contribution in [-0.4, -0.2) is 44.7 Å². The molecule has 1 aromatic carbocycles. The van der Waals surface area contributed by atoms with Gasteiger partial charge in [-0.05, 0) is 44.6 Å². The number of ether oxygens (including phenoxy) is 1. The summed E-state index contributed by atoms with van der Waals surface area (Å²) in [5, 5.41) is 10.6. The standard InChI is InChI=1S/C21H29N5O2S/c1-5-26(6-2)11-14-8-9-16(15(27)10-14)29-20-13(4)23-21(22)19-18(20)24-17(25-19)12-28-7-3/h8-10,27H,5-7,11-12H2,1-4H3,(H2,22,23)(H,24,25). The second-order valence-electron chi connectivity index (χ2n) is 6.82. The van der Waals surface area contributed by atoms with Crippen LogP contribution < -0.4 is 5.73 Å². The van der Waals surface area contributed by atoms with Gasteiger partial charge < -0.3 is 20.6 Å². The summed E-state index contributed by atoms with van der Waals surface area (Å²) in [6, 6.07) is 5.86. The average Bonchev–Trinajstić information content (AvgIpc) is 3.13. The van der Waals surface area contributed by atoms with Crippen molar-refractivity contribution in [2.45, 2.75) is 50.6 Å². The Bertz CT molecular complexity index is 985. The largest absolute Gasteiger partial charge is 0.507 e. The SMILES string of the molecule is CCOCc1nc2c(N)nc(C)c(Sc3ccc(CN(CC)CC)cc3O)c2[nH]1. The van der Waals surface area contributed by atoms with Crippen LogP contribution in [0.25, 0.3) is 11.0 Å². The van der Waals surface area contributed by atoms with Gasteiger partial charge in [-0.1, -0.05) is 31.7 Å². The predicted molar refractivity (Wildman–Crippen MR) is 117 cm³/mol. The van der Waals surface area contributed by atoms with Crippen molar-refractivity contribution in [1.29, 1.82) is 0 Å². The molecule has 156 valence electrons. The van der Waals surface area contributed by atoms with Crippen LogP contribution in [-0.2, 0) is 17.9 Å². The van der Waals surface area contributed by atoms with Gasteiger partial charge in [0, 0.05) is 13.2 Å². The number of fused-ring (bicyclic) bond motifs is 1. The molecule has 0 saturated carbocycles. The Morgan fingerprint density at radius 1 is 1.21 bits per heavy atom. The van der Waals surface area contributed by atoms with Crippen molar-refractivity contribution in [3.8, 4) is 5.75 Å². The zero-order chi connectivity index (χ0) is 21.0. The van der Waals surface area contributed by atoms with Crippen molar-refractivity contribution < 1.29 is 9.84 Å². The number of pyridine rings is 1. The zero-order valence-electron chi connectivity index (χ0n) is 17.5. The van der Waals surface area contributed by atoms with E-state index in [-0.39, 0.29) is 5.75 Å². The summed E-state index contributed by atoms with van der Waals surface area (Å²) in [6.07, 6.45) is 0. The topological polar surface area (TPSA) is 100 Å². The fourth-order valence-corrected chi connectivity index (χ4v) is 4.15. The highest BCUT2D eigenvalue weighted by Gasteiger charge is 2.17. The number of aromatic amines is 1. The summed E-state index contributed by atoms with van der Waals surface area (Å²) in [6.45, 7) is 11.9. The van der Waals surface area contributed by atoms with Gasteiger partial charge in [0.1, 0.15) is 23.7 Å². The number of benzene rings is 1. The Hall–Kier alpha value is -2.29. The predicted octanol–water partition coefficient (Wildman–Crippen LogP) is 4.08. The third-order valence-corrected chi connectivity index (χ3v) is 6.09. The third-order valence-electron chi connectivity index (χ3n) is 4.82. The quantitative estimate of drug-likeness (QED) is 0.484. The lowest BCUT2D eigenvalue weighted by Crippen LogP contribution is -2.21. The van der Waals surface area contributed by atoms with Crippen LogP contribution in [0.5, 0.6) is 5.75 Å². The third kappa shape index (κ3) is 4.83. The highest BCUT2D eigenvalue weighted by Crippen LogP contribution is 2.40. The number of aromatic nitrogens is 3. The van der Waals surface area contributed by atoms with Gasteiger partial charge in [0.05, 0.1) is 21.0 Å². The molecule has 3 rings (SSSR count). The first-order valence-corrected chi connectivity index (χ1v) is 10.7. The molecule has 7 nitrogen and oxygen atoms in total. The van der Waals surface area contributed by atoms with Crippen LogP contribution in [0.3, 0.4) is 0 Å². The lowest BCUT2D eigenvalue weighted by Gasteiger charge is -2.18. The summed E-state index contributed by atoms with van der Waals surface area (Å²) >= 11 is 1.46. The number of imidazole rings is 1. The van der Waals surface area contributed by atoms with E-state index in [9.17, 15) is 5.11 Å². The Labute approximate surface area is 175 Å². The number of H-pyrrole nitrogens is 1. The maximum Gasteiger partial charge on any atom is 0.151 e. The van der Waals surface area contributed by atoms with E-state index in [1.807, 2.05) is 26.0 Å². The Balaban J connectivity index is 1.92. The van der Waals surface area contributed by atoms with Crippen LogP contribution in [0.4, 0.5) is 5.82 Å². The summed E-state index contributed by atoms with van der Waals surface area (Å²) in [7, 11) is 0. The van der Waals surface area contributed by atoms with Crippen molar-refractivity contribution >= 4 is 28.6 Å². The monoisotopic (exact) mass is 415 g/mol. The van der Waals surface area contributed by atoms with Crippen LogP contribution in [0, 0.1) is 6.92 Å². The molecule has 0 radical (unpaired) electrons. The van der Waals surface area contributed by atoms with E-state index < -0.39 is 0 Å². The summed E-state index contributed by atoms with van der Waals surface area (Å²) in [5.41, 5.74) is 9.42. The summed E-state index contributed by atoms with van der Waals surface area (Å²) in [4.78, 5) is 16.3. The molecule has 0 spiro atoms. The molecule has 0 atom stereocenters. The zero-order valence-corrected chi connectivity index (χ0v) is 18.3. The maximum absolute atomic E-state index is 10.6. The van der Waals surface area contributed by atoms with E-state index in [0.717, 1.165) is 46.2 Å².